The number of amides is 1. The topological polar surface area (TPSA) is 64.0 Å². The molecular formula is C21H21N3O2S. The molecule has 1 aliphatic heterocycles. The van der Waals surface area contributed by atoms with Gasteiger partial charge < -0.3 is 9.88 Å². The number of anilines is 1. The lowest BCUT2D eigenvalue weighted by atomic mass is 10.1. The van der Waals surface area contributed by atoms with Gasteiger partial charge >= 0.3 is 0 Å². The maximum Gasteiger partial charge on any atom is 0.224 e. The molecule has 3 heterocycles. The molecule has 1 amide bonds. The van der Waals surface area contributed by atoms with Gasteiger partial charge in [-0.05, 0) is 36.4 Å². The van der Waals surface area contributed by atoms with Gasteiger partial charge in [-0.3, -0.25) is 9.59 Å². The number of Topliss-reactive ketones (excluding diaryl/α,β-unsaturated/α-hetero) is 1. The van der Waals surface area contributed by atoms with Crippen molar-refractivity contribution in [3.8, 4) is 11.3 Å². The molecule has 0 atom stereocenters. The normalized spacial score (nSPS) is 13.2. The van der Waals surface area contributed by atoms with Crippen LogP contribution in [0.5, 0.6) is 0 Å². The van der Waals surface area contributed by atoms with Gasteiger partial charge in [0.1, 0.15) is 5.82 Å². The Morgan fingerprint density at radius 1 is 1.11 bits per heavy atom. The molecule has 0 spiro atoms. The van der Waals surface area contributed by atoms with Crippen LogP contribution in [0.15, 0.2) is 48.0 Å². The van der Waals surface area contributed by atoms with Crippen LogP contribution in [0.2, 0.25) is 0 Å². The summed E-state index contributed by atoms with van der Waals surface area (Å²) in [6.07, 6.45) is 5.98. The zero-order valence-electron chi connectivity index (χ0n) is 15.0. The molecule has 1 aliphatic rings. The van der Waals surface area contributed by atoms with E-state index >= 15 is 0 Å². The molecule has 27 heavy (non-hydrogen) atoms. The number of ketones is 1. The zero-order chi connectivity index (χ0) is 18.6. The molecule has 6 heteroatoms. The van der Waals surface area contributed by atoms with E-state index in [2.05, 4.69) is 16.1 Å². The van der Waals surface area contributed by atoms with Crippen LogP contribution < -0.4 is 5.32 Å². The van der Waals surface area contributed by atoms with E-state index in [1.54, 1.807) is 6.07 Å². The van der Waals surface area contributed by atoms with Crippen LogP contribution in [0.4, 0.5) is 5.69 Å². The van der Waals surface area contributed by atoms with Crippen molar-refractivity contribution in [3.63, 3.8) is 0 Å². The Kier molecular flexibility index (Phi) is 5.16. The summed E-state index contributed by atoms with van der Waals surface area (Å²) in [5.74, 6) is 1.02. The van der Waals surface area contributed by atoms with Crippen LogP contribution in [0.1, 0.15) is 41.2 Å². The van der Waals surface area contributed by atoms with Gasteiger partial charge in [0.25, 0.3) is 0 Å². The average Bonchev–Trinajstić information content (AvgIpc) is 3.36. The quantitative estimate of drug-likeness (QED) is 0.639. The molecule has 0 unspecified atom stereocenters. The fraction of sp³-hybridized carbons (Fsp3) is 0.286. The maximum atomic E-state index is 12.1. The third-order valence-electron chi connectivity index (χ3n) is 4.75. The van der Waals surface area contributed by atoms with Crippen LogP contribution in [0.25, 0.3) is 11.3 Å². The summed E-state index contributed by atoms with van der Waals surface area (Å²) >= 11 is 1.41. The Morgan fingerprint density at radius 2 is 1.96 bits per heavy atom. The lowest BCUT2D eigenvalue weighted by Gasteiger charge is -2.11. The molecule has 0 radical (unpaired) electrons. The van der Waals surface area contributed by atoms with Crippen molar-refractivity contribution in [3.05, 3.63) is 58.7 Å². The van der Waals surface area contributed by atoms with Gasteiger partial charge in [0.2, 0.25) is 5.91 Å². The number of aromatic nitrogens is 2. The summed E-state index contributed by atoms with van der Waals surface area (Å²) in [5, 5.41) is 4.72. The van der Waals surface area contributed by atoms with Gasteiger partial charge in [0, 0.05) is 43.3 Å². The Hall–Kier alpha value is -2.73. The van der Waals surface area contributed by atoms with Crippen LogP contribution >= 0.6 is 11.3 Å². The van der Waals surface area contributed by atoms with E-state index in [1.165, 1.54) is 24.2 Å². The summed E-state index contributed by atoms with van der Waals surface area (Å²) in [4.78, 5) is 29.5. The highest BCUT2D eigenvalue weighted by Gasteiger charge is 2.14. The first-order valence-corrected chi connectivity index (χ1v) is 10.1. The lowest BCUT2D eigenvalue weighted by molar-refractivity contribution is -0.116. The number of nitrogens with one attached hydrogen (secondary N) is 1. The first kappa shape index (κ1) is 17.7. The summed E-state index contributed by atoms with van der Waals surface area (Å²) in [7, 11) is 0. The van der Waals surface area contributed by atoms with Crippen LogP contribution in [0.3, 0.4) is 0 Å². The van der Waals surface area contributed by atoms with Gasteiger partial charge in [0.05, 0.1) is 10.6 Å². The zero-order valence-corrected chi connectivity index (χ0v) is 15.8. The summed E-state index contributed by atoms with van der Waals surface area (Å²) in [6, 6.07) is 11.3. The molecule has 1 aromatic carbocycles. The molecule has 0 saturated heterocycles. The number of benzene rings is 1. The molecule has 0 bridgehead atoms. The Balaban J connectivity index is 1.34. The van der Waals surface area contributed by atoms with E-state index in [9.17, 15) is 9.59 Å². The van der Waals surface area contributed by atoms with Crippen LogP contribution in [-0.4, -0.2) is 21.2 Å². The first-order valence-electron chi connectivity index (χ1n) is 9.22. The SMILES string of the molecule is O=C(CCC(=O)c1cccs1)Nc1ccc(-c2cn3c(n2)CCCC3)cc1. The summed E-state index contributed by atoms with van der Waals surface area (Å²) < 4.78 is 2.24. The highest BCUT2D eigenvalue weighted by molar-refractivity contribution is 7.12. The number of imidazole rings is 1. The molecule has 0 aliphatic carbocycles. The highest BCUT2D eigenvalue weighted by atomic mass is 32.1. The summed E-state index contributed by atoms with van der Waals surface area (Å²) in [5.41, 5.74) is 2.75. The predicted molar refractivity (Wildman–Crippen MR) is 107 cm³/mol. The number of carbonyl (C=O) groups is 2. The third-order valence-corrected chi connectivity index (χ3v) is 5.66. The molecule has 138 valence electrons. The standard InChI is InChI=1S/C21H21N3O2S/c25-18(19-4-3-13-27-19)10-11-21(26)22-16-8-6-15(7-9-16)17-14-24-12-2-1-5-20(24)23-17/h3-4,6-9,13-14H,1-2,5,10-12H2,(H,22,26). The van der Waals surface area contributed by atoms with Crippen molar-refractivity contribution in [2.24, 2.45) is 0 Å². The molecule has 0 saturated carbocycles. The minimum Gasteiger partial charge on any atom is -0.334 e. The Labute approximate surface area is 162 Å². The molecule has 3 aromatic rings. The number of nitrogens with zero attached hydrogens (tertiary/aromatic N) is 2. The monoisotopic (exact) mass is 379 g/mol. The molecular weight excluding hydrogens is 358 g/mol. The van der Waals surface area contributed by atoms with Gasteiger partial charge in [-0.2, -0.15) is 0 Å². The smallest absolute Gasteiger partial charge is 0.224 e. The van der Waals surface area contributed by atoms with E-state index in [0.29, 0.717) is 4.88 Å². The number of hydrogen-bond donors (Lipinski definition) is 1. The largest absolute Gasteiger partial charge is 0.334 e. The van der Waals surface area contributed by atoms with E-state index in [4.69, 9.17) is 4.98 Å². The Morgan fingerprint density at radius 3 is 2.70 bits per heavy atom. The molecule has 4 rings (SSSR count). The molecule has 0 fully saturated rings. The van der Waals surface area contributed by atoms with Crippen molar-refractivity contribution in [2.45, 2.75) is 38.6 Å². The molecule has 2 aromatic heterocycles. The number of hydrogen-bond acceptors (Lipinski definition) is 4. The maximum absolute atomic E-state index is 12.1. The number of carbonyl (C=O) groups excluding carboxylic acids is 2. The highest BCUT2D eigenvalue weighted by Crippen LogP contribution is 2.24. The second-order valence-corrected chi connectivity index (χ2v) is 7.67. The van der Waals surface area contributed by atoms with Crippen molar-refractivity contribution in [2.75, 3.05) is 5.32 Å². The lowest BCUT2D eigenvalue weighted by Crippen LogP contribution is -2.13. The number of rotatable bonds is 6. The molecule has 1 N–H and O–H groups in total. The van der Waals surface area contributed by atoms with E-state index < -0.39 is 0 Å². The van der Waals surface area contributed by atoms with Gasteiger partial charge in [-0.25, -0.2) is 4.98 Å². The third kappa shape index (κ3) is 4.17. The fourth-order valence-electron chi connectivity index (χ4n) is 3.29. The first-order chi connectivity index (χ1) is 13.2. The van der Waals surface area contributed by atoms with Crippen molar-refractivity contribution < 1.29 is 9.59 Å². The number of fused-ring (bicyclic) bond motifs is 1. The minimum atomic E-state index is -0.148. The van der Waals surface area contributed by atoms with Gasteiger partial charge in [-0.1, -0.05) is 18.2 Å². The molecule has 5 nitrogen and oxygen atoms in total. The number of aryl methyl sites for hydroxylation is 2. The van der Waals surface area contributed by atoms with Crippen LogP contribution in [-0.2, 0) is 17.8 Å². The van der Waals surface area contributed by atoms with E-state index in [1.807, 2.05) is 35.7 Å². The van der Waals surface area contributed by atoms with Crippen molar-refractivity contribution in [1.29, 1.82) is 0 Å². The van der Waals surface area contributed by atoms with E-state index in [0.717, 1.165) is 35.7 Å². The predicted octanol–water partition coefficient (Wildman–Crippen LogP) is 4.55. The average molecular weight is 379 g/mol. The van der Waals surface area contributed by atoms with Crippen LogP contribution in [0, 0.1) is 0 Å². The summed E-state index contributed by atoms with van der Waals surface area (Å²) in [6.45, 7) is 1.04. The van der Waals surface area contributed by atoms with Gasteiger partial charge in [-0.15, -0.1) is 11.3 Å². The van der Waals surface area contributed by atoms with E-state index in [-0.39, 0.29) is 24.5 Å². The van der Waals surface area contributed by atoms with Gasteiger partial charge in [0.15, 0.2) is 5.78 Å². The van der Waals surface area contributed by atoms with Crippen molar-refractivity contribution >= 4 is 28.7 Å². The second-order valence-electron chi connectivity index (χ2n) is 6.72. The van der Waals surface area contributed by atoms with Crippen molar-refractivity contribution in [1.82, 2.24) is 9.55 Å². The number of thiophene rings is 1. The minimum absolute atomic E-state index is 0.0132. The second kappa shape index (κ2) is 7.88. The Bertz CT molecular complexity index is 919. The fourth-order valence-corrected chi connectivity index (χ4v) is 3.98.